The fourth-order valence-electron chi connectivity index (χ4n) is 4.24. The van der Waals surface area contributed by atoms with E-state index in [0.29, 0.717) is 5.92 Å². The van der Waals surface area contributed by atoms with Crippen LogP contribution in [0.3, 0.4) is 0 Å². The maximum atomic E-state index is 4.96. The number of benzene rings is 4. The minimum absolute atomic E-state index is 0.477. The Morgan fingerprint density at radius 3 is 2.10 bits per heavy atom. The number of para-hydroxylation sites is 1. The normalized spacial score (nSPS) is 11.4. The van der Waals surface area contributed by atoms with Crippen LogP contribution in [0.25, 0.3) is 44.1 Å². The number of hydrogen-bond donors (Lipinski definition) is 0. The molecule has 140 valence electrons. The van der Waals surface area contributed by atoms with E-state index in [4.69, 9.17) is 4.98 Å². The van der Waals surface area contributed by atoms with Crippen molar-refractivity contribution < 1.29 is 0 Å². The van der Waals surface area contributed by atoms with E-state index in [2.05, 4.69) is 111 Å². The molecule has 0 saturated carbocycles. The second kappa shape index (κ2) is 7.18. The Kier molecular flexibility index (Phi) is 4.37. The van der Waals surface area contributed by atoms with Gasteiger partial charge in [0.05, 0.1) is 11.0 Å². The summed E-state index contributed by atoms with van der Waals surface area (Å²) in [5, 5.41) is 2.39. The Labute approximate surface area is 171 Å². The van der Waals surface area contributed by atoms with E-state index < -0.39 is 0 Å². The lowest BCUT2D eigenvalue weighted by atomic mass is 9.90. The van der Waals surface area contributed by atoms with Crippen LogP contribution in [0.4, 0.5) is 0 Å². The predicted octanol–water partition coefficient (Wildman–Crippen LogP) is 7.85. The van der Waals surface area contributed by atoms with Gasteiger partial charge in [-0.2, -0.15) is 0 Å². The molecule has 0 radical (unpaired) electrons. The first-order chi connectivity index (χ1) is 14.2. The smallest absolute Gasteiger partial charge is 0.0716 e. The second-order valence-electron chi connectivity index (χ2n) is 7.84. The van der Waals surface area contributed by atoms with Gasteiger partial charge in [-0.05, 0) is 46.4 Å². The molecule has 0 bridgehead atoms. The summed E-state index contributed by atoms with van der Waals surface area (Å²) in [6.07, 6.45) is 0. The average molecular weight is 373 g/mol. The number of nitrogens with zero attached hydrogens (tertiary/aromatic N) is 1. The van der Waals surface area contributed by atoms with Gasteiger partial charge < -0.3 is 0 Å². The number of hydrogen-bond acceptors (Lipinski definition) is 1. The topological polar surface area (TPSA) is 12.9 Å². The van der Waals surface area contributed by atoms with Gasteiger partial charge in [0.25, 0.3) is 0 Å². The molecule has 5 aromatic rings. The third-order valence-corrected chi connectivity index (χ3v) is 5.64. The molecule has 0 aliphatic heterocycles. The van der Waals surface area contributed by atoms with E-state index in [9.17, 15) is 0 Å². The summed E-state index contributed by atoms with van der Waals surface area (Å²) in [6.45, 7) is 4.51. The molecule has 1 nitrogen and oxygen atoms in total. The fourth-order valence-corrected chi connectivity index (χ4v) is 4.24. The molecule has 0 amide bonds. The molecule has 0 unspecified atom stereocenters. The largest absolute Gasteiger partial charge is 0.248 e. The summed E-state index contributed by atoms with van der Waals surface area (Å²) in [7, 11) is 0. The summed E-state index contributed by atoms with van der Waals surface area (Å²) in [5.41, 5.74) is 8.48. The molecule has 0 fully saturated rings. The van der Waals surface area contributed by atoms with Gasteiger partial charge in [-0.25, -0.2) is 4.98 Å². The zero-order valence-electron chi connectivity index (χ0n) is 16.8. The zero-order chi connectivity index (χ0) is 19.8. The quantitative estimate of drug-likeness (QED) is 0.293. The van der Waals surface area contributed by atoms with Crippen molar-refractivity contribution in [2.24, 2.45) is 0 Å². The van der Waals surface area contributed by atoms with Crippen molar-refractivity contribution in [3.63, 3.8) is 0 Å². The van der Waals surface area contributed by atoms with Crippen molar-refractivity contribution in [2.75, 3.05) is 0 Å². The third-order valence-electron chi connectivity index (χ3n) is 5.64. The Balaban J connectivity index is 1.86. The molecule has 0 aliphatic carbocycles. The highest BCUT2D eigenvalue weighted by Crippen LogP contribution is 2.38. The molecule has 0 atom stereocenters. The van der Waals surface area contributed by atoms with Gasteiger partial charge in [0, 0.05) is 16.3 Å². The van der Waals surface area contributed by atoms with Crippen molar-refractivity contribution in [3.05, 3.63) is 103 Å². The van der Waals surface area contributed by atoms with Gasteiger partial charge in [-0.1, -0.05) is 92.7 Å². The summed E-state index contributed by atoms with van der Waals surface area (Å²) in [6, 6.07) is 34.5. The van der Waals surface area contributed by atoms with E-state index in [0.717, 1.165) is 11.0 Å². The summed E-state index contributed by atoms with van der Waals surface area (Å²) in [4.78, 5) is 4.96. The summed E-state index contributed by atoms with van der Waals surface area (Å²) < 4.78 is 0. The first kappa shape index (κ1) is 17.6. The third kappa shape index (κ3) is 3.09. The molecule has 1 heterocycles. The van der Waals surface area contributed by atoms with Crippen LogP contribution >= 0.6 is 0 Å². The molecule has 0 saturated heterocycles. The lowest BCUT2D eigenvalue weighted by Crippen LogP contribution is -1.93. The summed E-state index contributed by atoms with van der Waals surface area (Å²) in [5.74, 6) is 0.477. The second-order valence-corrected chi connectivity index (χ2v) is 7.84. The molecule has 0 aliphatic rings. The van der Waals surface area contributed by atoms with Gasteiger partial charge in [0.15, 0.2) is 0 Å². The zero-order valence-corrected chi connectivity index (χ0v) is 16.8. The number of rotatable bonds is 3. The van der Waals surface area contributed by atoms with Gasteiger partial charge in [0.2, 0.25) is 0 Å². The van der Waals surface area contributed by atoms with Crippen molar-refractivity contribution in [2.45, 2.75) is 19.8 Å². The van der Waals surface area contributed by atoms with E-state index in [1.165, 1.54) is 38.6 Å². The Morgan fingerprint density at radius 1 is 0.586 bits per heavy atom. The Morgan fingerprint density at radius 2 is 1.28 bits per heavy atom. The number of fused-ring (bicyclic) bond motifs is 2. The SMILES string of the molecule is CC(C)c1ccccc1-c1ccc2nc3ccccc3c(-c3ccccc3)c2c1. The maximum Gasteiger partial charge on any atom is 0.0716 e. The van der Waals surface area contributed by atoms with Crippen molar-refractivity contribution >= 4 is 21.8 Å². The van der Waals surface area contributed by atoms with Crippen LogP contribution in [0.5, 0.6) is 0 Å². The average Bonchev–Trinajstić information content (AvgIpc) is 2.77. The van der Waals surface area contributed by atoms with E-state index >= 15 is 0 Å². The van der Waals surface area contributed by atoms with Gasteiger partial charge in [-0.3, -0.25) is 0 Å². The van der Waals surface area contributed by atoms with E-state index in [1.54, 1.807) is 0 Å². The fraction of sp³-hybridized carbons (Fsp3) is 0.107. The van der Waals surface area contributed by atoms with Crippen molar-refractivity contribution in [1.82, 2.24) is 4.98 Å². The molecular formula is C28H23N. The number of aromatic nitrogens is 1. The van der Waals surface area contributed by atoms with E-state index in [1.807, 2.05) is 0 Å². The molecule has 1 heteroatoms. The first-order valence-corrected chi connectivity index (χ1v) is 10.2. The first-order valence-electron chi connectivity index (χ1n) is 10.2. The van der Waals surface area contributed by atoms with Crippen LogP contribution in [0, 0.1) is 0 Å². The highest BCUT2D eigenvalue weighted by atomic mass is 14.7. The standard InChI is InChI=1S/C28H23N/c1-19(2)22-12-6-7-13-23(22)21-16-17-27-25(18-21)28(20-10-4-3-5-11-20)24-14-8-9-15-26(24)29-27/h3-19H,1-2H3. The molecule has 4 aromatic carbocycles. The Bertz CT molecular complexity index is 1320. The lowest BCUT2D eigenvalue weighted by Gasteiger charge is -2.15. The highest BCUT2D eigenvalue weighted by molar-refractivity contribution is 6.10. The van der Waals surface area contributed by atoms with Crippen molar-refractivity contribution in [1.29, 1.82) is 0 Å². The molecule has 0 spiro atoms. The predicted molar refractivity (Wildman–Crippen MR) is 124 cm³/mol. The molecule has 5 rings (SSSR count). The van der Waals surface area contributed by atoms with Gasteiger partial charge >= 0.3 is 0 Å². The molecule has 0 N–H and O–H groups in total. The van der Waals surface area contributed by atoms with Crippen LogP contribution in [-0.4, -0.2) is 4.98 Å². The summed E-state index contributed by atoms with van der Waals surface area (Å²) >= 11 is 0. The Hall–Kier alpha value is -3.45. The van der Waals surface area contributed by atoms with Gasteiger partial charge in [0.1, 0.15) is 0 Å². The minimum Gasteiger partial charge on any atom is -0.248 e. The van der Waals surface area contributed by atoms with Crippen LogP contribution in [0.1, 0.15) is 25.3 Å². The monoisotopic (exact) mass is 373 g/mol. The molecule has 29 heavy (non-hydrogen) atoms. The van der Waals surface area contributed by atoms with Crippen LogP contribution in [0.2, 0.25) is 0 Å². The van der Waals surface area contributed by atoms with Gasteiger partial charge in [-0.15, -0.1) is 0 Å². The van der Waals surface area contributed by atoms with Crippen LogP contribution in [0.15, 0.2) is 97.1 Å². The van der Waals surface area contributed by atoms with E-state index in [-0.39, 0.29) is 0 Å². The minimum atomic E-state index is 0.477. The molecule has 1 aromatic heterocycles. The molecular weight excluding hydrogens is 350 g/mol. The van der Waals surface area contributed by atoms with Crippen molar-refractivity contribution in [3.8, 4) is 22.3 Å². The highest BCUT2D eigenvalue weighted by Gasteiger charge is 2.14. The van der Waals surface area contributed by atoms with Crippen LogP contribution in [-0.2, 0) is 0 Å². The number of pyridine rings is 1. The lowest BCUT2D eigenvalue weighted by molar-refractivity contribution is 0.869. The van der Waals surface area contributed by atoms with Crippen LogP contribution < -0.4 is 0 Å². The maximum absolute atomic E-state index is 4.96.